The van der Waals surface area contributed by atoms with Gasteiger partial charge < -0.3 is 14.7 Å². The number of piperidine rings is 1. The number of amides is 2. The Kier molecular flexibility index (Phi) is 6.53. The highest BCUT2D eigenvalue weighted by atomic mass is 32.1. The fourth-order valence-corrected chi connectivity index (χ4v) is 4.17. The predicted molar refractivity (Wildman–Crippen MR) is 115 cm³/mol. The Morgan fingerprint density at radius 2 is 1.93 bits per heavy atom. The third-order valence-corrected chi connectivity index (χ3v) is 5.94. The van der Waals surface area contributed by atoms with E-state index in [-0.39, 0.29) is 11.8 Å². The Labute approximate surface area is 179 Å². The van der Waals surface area contributed by atoms with Crippen LogP contribution < -0.4 is 5.32 Å². The first-order valence-electron chi connectivity index (χ1n) is 10.3. The van der Waals surface area contributed by atoms with Gasteiger partial charge in [-0.1, -0.05) is 23.4 Å². The molecular weight excluding hydrogens is 400 g/mol. The zero-order valence-electron chi connectivity index (χ0n) is 16.7. The molecule has 1 saturated heterocycles. The van der Waals surface area contributed by atoms with Crippen molar-refractivity contribution in [3.05, 3.63) is 53.2 Å². The highest BCUT2D eigenvalue weighted by molar-refractivity contribution is 7.13. The van der Waals surface area contributed by atoms with Crippen LogP contribution in [-0.2, 0) is 11.2 Å². The lowest BCUT2D eigenvalue weighted by atomic mass is 10.1. The molecule has 0 spiro atoms. The number of anilines is 1. The normalized spacial score (nSPS) is 13.9. The second-order valence-corrected chi connectivity index (χ2v) is 8.24. The Bertz CT molecular complexity index is 993. The second kappa shape index (κ2) is 9.67. The maximum Gasteiger partial charge on any atom is 0.255 e. The molecule has 156 valence electrons. The molecule has 8 heteroatoms. The van der Waals surface area contributed by atoms with E-state index in [1.807, 2.05) is 34.5 Å². The van der Waals surface area contributed by atoms with E-state index >= 15 is 0 Å². The standard InChI is InChI=1S/C22H24N4O3S/c27-19(11-6-12-20-24-21(25-29-20)18-10-7-15-30-18)23-17-9-3-2-8-16(17)22(28)26-13-4-1-5-14-26/h2-3,7-10,15H,1,4-6,11-14H2,(H,23,27). The summed E-state index contributed by atoms with van der Waals surface area (Å²) in [6.45, 7) is 1.55. The summed E-state index contributed by atoms with van der Waals surface area (Å²) in [5.41, 5.74) is 1.11. The lowest BCUT2D eigenvalue weighted by molar-refractivity contribution is -0.116. The van der Waals surface area contributed by atoms with Crippen molar-refractivity contribution >= 4 is 28.8 Å². The van der Waals surface area contributed by atoms with Gasteiger partial charge in [-0.2, -0.15) is 4.98 Å². The molecule has 0 bridgehead atoms. The lowest BCUT2D eigenvalue weighted by Gasteiger charge is -2.27. The SMILES string of the molecule is O=C(CCCc1nc(-c2cccs2)no1)Nc1ccccc1C(=O)N1CCCCC1. The predicted octanol–water partition coefficient (Wildman–Crippen LogP) is 4.39. The van der Waals surface area contributed by atoms with Gasteiger partial charge in [0.15, 0.2) is 0 Å². The number of carbonyl (C=O) groups is 2. The van der Waals surface area contributed by atoms with Crippen molar-refractivity contribution in [3.63, 3.8) is 0 Å². The van der Waals surface area contributed by atoms with Crippen LogP contribution in [0.5, 0.6) is 0 Å². The van der Waals surface area contributed by atoms with Crippen molar-refractivity contribution < 1.29 is 14.1 Å². The molecule has 2 amide bonds. The average Bonchev–Trinajstić information content (AvgIpc) is 3.46. The van der Waals surface area contributed by atoms with E-state index in [4.69, 9.17) is 4.52 Å². The fraction of sp³-hybridized carbons (Fsp3) is 0.364. The first-order chi connectivity index (χ1) is 14.7. The molecule has 3 aromatic rings. The van der Waals surface area contributed by atoms with E-state index in [1.165, 1.54) is 0 Å². The van der Waals surface area contributed by atoms with Gasteiger partial charge in [0.05, 0.1) is 16.1 Å². The van der Waals surface area contributed by atoms with Crippen LogP contribution in [0.15, 0.2) is 46.3 Å². The maximum absolute atomic E-state index is 12.8. The largest absolute Gasteiger partial charge is 0.339 e. The van der Waals surface area contributed by atoms with Crippen LogP contribution in [0.1, 0.15) is 48.4 Å². The van der Waals surface area contributed by atoms with Gasteiger partial charge in [0.25, 0.3) is 5.91 Å². The lowest BCUT2D eigenvalue weighted by Crippen LogP contribution is -2.36. The first-order valence-corrected chi connectivity index (χ1v) is 11.1. The molecule has 0 unspecified atom stereocenters. The van der Waals surface area contributed by atoms with Gasteiger partial charge in [0.2, 0.25) is 17.6 Å². The minimum Gasteiger partial charge on any atom is -0.339 e. The summed E-state index contributed by atoms with van der Waals surface area (Å²) in [5, 5.41) is 8.84. The molecule has 30 heavy (non-hydrogen) atoms. The van der Waals surface area contributed by atoms with E-state index in [2.05, 4.69) is 15.5 Å². The molecular formula is C22H24N4O3S. The number of hydrogen-bond donors (Lipinski definition) is 1. The van der Waals surface area contributed by atoms with Crippen molar-refractivity contribution in [2.24, 2.45) is 0 Å². The number of carbonyl (C=O) groups excluding carboxylic acids is 2. The number of nitrogens with zero attached hydrogens (tertiary/aromatic N) is 3. The minimum atomic E-state index is -0.133. The third-order valence-electron chi connectivity index (χ3n) is 5.08. The molecule has 3 heterocycles. The van der Waals surface area contributed by atoms with Crippen LogP contribution >= 0.6 is 11.3 Å². The van der Waals surface area contributed by atoms with Crippen molar-refractivity contribution in [3.8, 4) is 10.7 Å². The first kappa shape index (κ1) is 20.3. The molecule has 0 radical (unpaired) electrons. The molecule has 1 N–H and O–H groups in total. The topological polar surface area (TPSA) is 88.3 Å². The zero-order valence-corrected chi connectivity index (χ0v) is 17.5. The van der Waals surface area contributed by atoms with Crippen LogP contribution in [0.25, 0.3) is 10.7 Å². The Morgan fingerprint density at radius 3 is 2.73 bits per heavy atom. The Balaban J connectivity index is 1.30. The molecule has 1 aliphatic heterocycles. The molecule has 7 nitrogen and oxygen atoms in total. The molecule has 1 aromatic carbocycles. The third kappa shape index (κ3) is 4.94. The fourth-order valence-electron chi connectivity index (χ4n) is 3.52. The summed E-state index contributed by atoms with van der Waals surface area (Å²) >= 11 is 1.55. The summed E-state index contributed by atoms with van der Waals surface area (Å²) in [7, 11) is 0. The van der Waals surface area contributed by atoms with Crippen LogP contribution in [-0.4, -0.2) is 39.9 Å². The van der Waals surface area contributed by atoms with Crippen LogP contribution in [0.2, 0.25) is 0 Å². The van der Waals surface area contributed by atoms with Crippen molar-refractivity contribution in [1.29, 1.82) is 0 Å². The molecule has 0 aliphatic carbocycles. The summed E-state index contributed by atoms with van der Waals surface area (Å²) < 4.78 is 5.27. The Morgan fingerprint density at radius 1 is 1.10 bits per heavy atom. The van der Waals surface area contributed by atoms with E-state index < -0.39 is 0 Å². The summed E-state index contributed by atoms with van der Waals surface area (Å²) in [6.07, 6.45) is 4.65. The van der Waals surface area contributed by atoms with E-state index in [1.54, 1.807) is 23.5 Å². The molecule has 1 aliphatic rings. The molecule has 0 atom stereocenters. The highest BCUT2D eigenvalue weighted by Gasteiger charge is 2.21. The monoisotopic (exact) mass is 424 g/mol. The quantitative estimate of drug-likeness (QED) is 0.608. The van der Waals surface area contributed by atoms with Crippen molar-refractivity contribution in [2.75, 3.05) is 18.4 Å². The number of para-hydroxylation sites is 1. The van der Waals surface area contributed by atoms with Crippen molar-refractivity contribution in [2.45, 2.75) is 38.5 Å². The number of hydrogen-bond acceptors (Lipinski definition) is 6. The number of aryl methyl sites for hydroxylation is 1. The van der Waals surface area contributed by atoms with Gasteiger partial charge >= 0.3 is 0 Å². The van der Waals surface area contributed by atoms with E-state index in [9.17, 15) is 9.59 Å². The van der Waals surface area contributed by atoms with Gasteiger partial charge in [-0.3, -0.25) is 9.59 Å². The summed E-state index contributed by atoms with van der Waals surface area (Å²) in [6, 6.07) is 11.1. The number of thiophene rings is 1. The van der Waals surface area contributed by atoms with E-state index in [0.29, 0.717) is 42.2 Å². The van der Waals surface area contributed by atoms with E-state index in [0.717, 1.165) is 37.2 Å². The summed E-state index contributed by atoms with van der Waals surface area (Å²) in [5.74, 6) is 0.950. The smallest absolute Gasteiger partial charge is 0.255 e. The van der Waals surface area contributed by atoms with Crippen LogP contribution in [0.3, 0.4) is 0 Å². The summed E-state index contributed by atoms with van der Waals surface area (Å²) in [4.78, 5) is 32.5. The van der Waals surface area contributed by atoms with Gasteiger partial charge in [0.1, 0.15) is 0 Å². The molecule has 0 saturated carbocycles. The van der Waals surface area contributed by atoms with Crippen LogP contribution in [0, 0.1) is 0 Å². The number of likely N-dealkylation sites (tertiary alicyclic amines) is 1. The van der Waals surface area contributed by atoms with Gasteiger partial charge in [-0.05, 0) is 49.3 Å². The number of nitrogens with one attached hydrogen (secondary N) is 1. The molecule has 2 aromatic heterocycles. The number of rotatable bonds is 7. The maximum atomic E-state index is 12.8. The van der Waals surface area contributed by atoms with Gasteiger partial charge in [0, 0.05) is 25.9 Å². The van der Waals surface area contributed by atoms with Crippen molar-refractivity contribution in [1.82, 2.24) is 15.0 Å². The Hall–Kier alpha value is -3.00. The molecule has 1 fully saturated rings. The van der Waals surface area contributed by atoms with Gasteiger partial charge in [-0.25, -0.2) is 0 Å². The average molecular weight is 425 g/mol. The number of aromatic nitrogens is 2. The minimum absolute atomic E-state index is 0.0161. The zero-order chi connectivity index (χ0) is 20.8. The number of benzene rings is 1. The van der Waals surface area contributed by atoms with Crippen LogP contribution in [0.4, 0.5) is 5.69 Å². The van der Waals surface area contributed by atoms with Gasteiger partial charge in [-0.15, -0.1) is 11.3 Å². The molecule has 4 rings (SSSR count). The highest BCUT2D eigenvalue weighted by Crippen LogP contribution is 2.22. The second-order valence-electron chi connectivity index (χ2n) is 7.29.